The van der Waals surface area contributed by atoms with Crippen molar-refractivity contribution in [3.63, 3.8) is 0 Å². The fourth-order valence-electron chi connectivity index (χ4n) is 0.768. The zero-order valence-electron chi connectivity index (χ0n) is 9.72. The van der Waals surface area contributed by atoms with Gasteiger partial charge < -0.3 is 18.9 Å². The predicted molar refractivity (Wildman–Crippen MR) is 59.1 cm³/mol. The first-order valence-corrected chi connectivity index (χ1v) is 4.86. The van der Waals surface area contributed by atoms with Gasteiger partial charge >= 0.3 is 11.9 Å². The van der Waals surface area contributed by atoms with E-state index in [0.717, 1.165) is 12.2 Å². The van der Waals surface area contributed by atoms with Crippen molar-refractivity contribution in [2.24, 2.45) is 0 Å². The molecule has 0 fully saturated rings. The number of ether oxygens (including phenoxy) is 4. The molecular formula is C11H16O6. The lowest BCUT2D eigenvalue weighted by molar-refractivity contribution is -0.179. The smallest absolute Gasteiger partial charge is 0.332 e. The Bertz CT molecular complexity index is 273. The number of hydrogen-bond acceptors (Lipinski definition) is 6. The van der Waals surface area contributed by atoms with E-state index in [2.05, 4.69) is 17.9 Å². The van der Waals surface area contributed by atoms with Gasteiger partial charge in [-0.25, -0.2) is 9.59 Å². The monoisotopic (exact) mass is 244 g/mol. The maximum absolute atomic E-state index is 10.8. The van der Waals surface area contributed by atoms with E-state index in [1.807, 2.05) is 0 Å². The standard InChI is InChI=1S/C11H16O6/c1-4-9(12)16-7-6-15-8-11(14-3)17-10(13)5-2/h4-5,11H,1-2,6-8H2,3H3. The minimum absolute atomic E-state index is 0.0434. The van der Waals surface area contributed by atoms with Gasteiger partial charge in [-0.3, -0.25) is 0 Å². The molecule has 0 rings (SSSR count). The molecule has 0 aromatic rings. The lowest BCUT2D eigenvalue weighted by Gasteiger charge is -2.15. The molecule has 0 spiro atoms. The molecule has 0 saturated heterocycles. The van der Waals surface area contributed by atoms with Crippen molar-refractivity contribution in [3.8, 4) is 0 Å². The Balaban J connectivity index is 3.62. The van der Waals surface area contributed by atoms with Gasteiger partial charge in [0.05, 0.1) is 6.61 Å². The van der Waals surface area contributed by atoms with Crippen LogP contribution >= 0.6 is 0 Å². The molecule has 0 aliphatic carbocycles. The van der Waals surface area contributed by atoms with Crippen LogP contribution in [0.5, 0.6) is 0 Å². The highest BCUT2D eigenvalue weighted by molar-refractivity contribution is 5.81. The third-order valence-corrected chi connectivity index (χ3v) is 1.57. The normalized spacial score (nSPS) is 11.4. The van der Waals surface area contributed by atoms with Crippen LogP contribution in [0.2, 0.25) is 0 Å². The van der Waals surface area contributed by atoms with Crippen LogP contribution in [0.3, 0.4) is 0 Å². The molecule has 6 nitrogen and oxygen atoms in total. The fourth-order valence-corrected chi connectivity index (χ4v) is 0.768. The summed E-state index contributed by atoms with van der Waals surface area (Å²) in [6.45, 7) is 6.80. The minimum Gasteiger partial charge on any atom is -0.460 e. The van der Waals surface area contributed by atoms with Crippen molar-refractivity contribution in [2.45, 2.75) is 6.29 Å². The van der Waals surface area contributed by atoms with E-state index in [0.29, 0.717) is 0 Å². The van der Waals surface area contributed by atoms with Gasteiger partial charge in [-0.1, -0.05) is 13.2 Å². The average Bonchev–Trinajstić information content (AvgIpc) is 2.36. The Hall–Kier alpha value is -1.66. The van der Waals surface area contributed by atoms with Crippen molar-refractivity contribution in [1.29, 1.82) is 0 Å². The van der Waals surface area contributed by atoms with Crippen LogP contribution in [0.15, 0.2) is 25.3 Å². The Morgan fingerprint density at radius 2 is 1.82 bits per heavy atom. The van der Waals surface area contributed by atoms with Crippen LogP contribution in [0, 0.1) is 0 Å². The fraction of sp³-hybridized carbons (Fsp3) is 0.455. The molecule has 0 heterocycles. The van der Waals surface area contributed by atoms with Crippen LogP contribution in [0.1, 0.15) is 0 Å². The molecule has 0 N–H and O–H groups in total. The molecule has 6 heteroatoms. The summed E-state index contributed by atoms with van der Waals surface area (Å²) in [5, 5.41) is 0. The predicted octanol–water partition coefficient (Wildman–Crippen LogP) is 0.434. The molecule has 0 radical (unpaired) electrons. The second-order valence-corrected chi connectivity index (χ2v) is 2.75. The SMILES string of the molecule is C=CC(=O)OCCOCC(OC)OC(=O)C=C. The highest BCUT2D eigenvalue weighted by atomic mass is 16.7. The minimum atomic E-state index is -0.810. The van der Waals surface area contributed by atoms with E-state index in [9.17, 15) is 9.59 Å². The third kappa shape index (κ3) is 8.18. The van der Waals surface area contributed by atoms with E-state index >= 15 is 0 Å². The Kier molecular flexibility index (Phi) is 8.62. The molecule has 96 valence electrons. The zero-order chi connectivity index (χ0) is 13.1. The summed E-state index contributed by atoms with van der Waals surface area (Å²) >= 11 is 0. The summed E-state index contributed by atoms with van der Waals surface area (Å²) in [5.74, 6) is -1.12. The molecule has 17 heavy (non-hydrogen) atoms. The van der Waals surface area contributed by atoms with Crippen molar-refractivity contribution >= 4 is 11.9 Å². The number of methoxy groups -OCH3 is 1. The zero-order valence-corrected chi connectivity index (χ0v) is 9.72. The highest BCUT2D eigenvalue weighted by Crippen LogP contribution is 1.96. The summed E-state index contributed by atoms with van der Waals surface area (Å²) in [7, 11) is 1.38. The molecule has 0 amide bonds. The van der Waals surface area contributed by atoms with Crippen LogP contribution in [0.4, 0.5) is 0 Å². The highest BCUT2D eigenvalue weighted by Gasteiger charge is 2.11. The quantitative estimate of drug-likeness (QED) is 0.253. The number of hydrogen-bond donors (Lipinski definition) is 0. The second-order valence-electron chi connectivity index (χ2n) is 2.75. The third-order valence-electron chi connectivity index (χ3n) is 1.57. The van der Waals surface area contributed by atoms with Gasteiger partial charge in [-0.15, -0.1) is 0 Å². The molecule has 0 aromatic heterocycles. The van der Waals surface area contributed by atoms with Crippen molar-refractivity contribution in [3.05, 3.63) is 25.3 Å². The molecule has 1 unspecified atom stereocenters. The first kappa shape index (κ1) is 15.3. The van der Waals surface area contributed by atoms with E-state index in [4.69, 9.17) is 14.2 Å². The number of carbonyl (C=O) groups excluding carboxylic acids is 2. The molecule has 0 aliphatic heterocycles. The Morgan fingerprint density at radius 3 is 2.35 bits per heavy atom. The van der Waals surface area contributed by atoms with Gasteiger partial charge in [0.2, 0.25) is 6.29 Å². The maximum atomic E-state index is 10.8. The van der Waals surface area contributed by atoms with E-state index in [1.165, 1.54) is 7.11 Å². The van der Waals surface area contributed by atoms with Gasteiger partial charge in [0.1, 0.15) is 13.2 Å². The van der Waals surface area contributed by atoms with E-state index in [1.54, 1.807) is 0 Å². The summed E-state index contributed by atoms with van der Waals surface area (Å²) in [6, 6.07) is 0. The van der Waals surface area contributed by atoms with Crippen LogP contribution in [-0.4, -0.2) is 45.2 Å². The molecule has 0 bridgehead atoms. The average molecular weight is 244 g/mol. The Morgan fingerprint density at radius 1 is 1.18 bits per heavy atom. The lowest BCUT2D eigenvalue weighted by atomic mass is 10.6. The first-order valence-electron chi connectivity index (χ1n) is 4.86. The second kappa shape index (κ2) is 9.56. The molecule has 0 aromatic carbocycles. The van der Waals surface area contributed by atoms with Gasteiger partial charge in [-0.2, -0.15) is 0 Å². The number of rotatable bonds is 9. The summed E-state index contributed by atoms with van der Waals surface area (Å²) in [4.78, 5) is 21.5. The lowest BCUT2D eigenvalue weighted by Crippen LogP contribution is -2.25. The van der Waals surface area contributed by atoms with E-state index in [-0.39, 0.29) is 19.8 Å². The number of carbonyl (C=O) groups is 2. The van der Waals surface area contributed by atoms with Gasteiger partial charge in [0.15, 0.2) is 0 Å². The molecular weight excluding hydrogens is 228 g/mol. The first-order chi connectivity index (χ1) is 8.13. The maximum Gasteiger partial charge on any atom is 0.332 e. The largest absolute Gasteiger partial charge is 0.460 e. The summed E-state index contributed by atoms with van der Waals surface area (Å²) < 4.78 is 19.3. The Labute approximate surface area is 99.8 Å². The molecule has 0 saturated carbocycles. The summed E-state index contributed by atoms with van der Waals surface area (Å²) in [6.07, 6.45) is 1.28. The van der Waals surface area contributed by atoms with Gasteiger partial charge in [0.25, 0.3) is 0 Å². The number of esters is 2. The van der Waals surface area contributed by atoms with Crippen LogP contribution in [-0.2, 0) is 28.5 Å². The van der Waals surface area contributed by atoms with Gasteiger partial charge in [0, 0.05) is 19.3 Å². The van der Waals surface area contributed by atoms with Gasteiger partial charge in [-0.05, 0) is 0 Å². The van der Waals surface area contributed by atoms with Crippen molar-refractivity contribution < 1.29 is 28.5 Å². The van der Waals surface area contributed by atoms with Crippen LogP contribution in [0.25, 0.3) is 0 Å². The van der Waals surface area contributed by atoms with Crippen molar-refractivity contribution in [1.82, 2.24) is 0 Å². The summed E-state index contributed by atoms with van der Waals surface area (Å²) in [5.41, 5.74) is 0. The van der Waals surface area contributed by atoms with Crippen LogP contribution < -0.4 is 0 Å². The molecule has 0 aliphatic rings. The molecule has 1 atom stereocenters. The van der Waals surface area contributed by atoms with E-state index < -0.39 is 18.2 Å². The van der Waals surface area contributed by atoms with Crippen molar-refractivity contribution in [2.75, 3.05) is 26.9 Å². The topological polar surface area (TPSA) is 71.1 Å².